The molecule has 0 heterocycles. The molecular weight excluding hydrogens is 232 g/mol. The molecule has 19 heavy (non-hydrogen) atoms. The summed E-state index contributed by atoms with van der Waals surface area (Å²) in [5.74, 6) is 8.21. The Balaban J connectivity index is 2.22. The van der Waals surface area contributed by atoms with Gasteiger partial charge in [-0.05, 0) is 61.1 Å². The van der Waals surface area contributed by atoms with Gasteiger partial charge in [-0.15, -0.1) is 0 Å². The summed E-state index contributed by atoms with van der Waals surface area (Å²) in [6.45, 7) is 9.15. The Kier molecular flexibility index (Phi) is 4.64. The molecule has 1 aliphatic carbocycles. The summed E-state index contributed by atoms with van der Waals surface area (Å²) in [6, 6.07) is 6.86. The van der Waals surface area contributed by atoms with E-state index in [0.717, 1.165) is 11.8 Å². The number of rotatable bonds is 3. The number of hydrogen-bond donors (Lipinski definition) is 2. The van der Waals surface area contributed by atoms with Crippen LogP contribution >= 0.6 is 0 Å². The molecule has 0 saturated heterocycles. The van der Waals surface area contributed by atoms with Crippen molar-refractivity contribution in [1.82, 2.24) is 5.43 Å². The third-order valence-electron chi connectivity index (χ3n) is 5.27. The zero-order valence-corrected chi connectivity index (χ0v) is 12.7. The van der Waals surface area contributed by atoms with E-state index in [1.54, 1.807) is 0 Å². The van der Waals surface area contributed by atoms with Gasteiger partial charge in [0.05, 0.1) is 0 Å². The van der Waals surface area contributed by atoms with Crippen molar-refractivity contribution >= 4 is 0 Å². The predicted molar refractivity (Wildman–Crippen MR) is 81.6 cm³/mol. The number of nitrogens with two attached hydrogens (primary N) is 1. The van der Waals surface area contributed by atoms with Gasteiger partial charge in [0.15, 0.2) is 0 Å². The standard InChI is InChI=1S/C17H28N2/c1-11-8-9-15(10-13(11)3)17(19-18)16-7-5-6-12(2)14(16)4/h5-7,11,13,15,17,19H,8-10,18H2,1-4H3. The Morgan fingerprint density at radius 3 is 2.53 bits per heavy atom. The van der Waals surface area contributed by atoms with Crippen molar-refractivity contribution < 1.29 is 0 Å². The van der Waals surface area contributed by atoms with Crippen LogP contribution in [-0.2, 0) is 0 Å². The molecule has 0 amide bonds. The summed E-state index contributed by atoms with van der Waals surface area (Å²) in [7, 11) is 0. The van der Waals surface area contributed by atoms with Gasteiger partial charge in [0.1, 0.15) is 0 Å². The molecule has 2 nitrogen and oxygen atoms in total. The van der Waals surface area contributed by atoms with Crippen molar-refractivity contribution in [2.24, 2.45) is 23.6 Å². The second kappa shape index (κ2) is 6.06. The van der Waals surface area contributed by atoms with Crippen molar-refractivity contribution in [2.45, 2.75) is 53.0 Å². The molecule has 0 aliphatic heterocycles. The minimum atomic E-state index is 0.301. The fraction of sp³-hybridized carbons (Fsp3) is 0.647. The Bertz CT molecular complexity index is 427. The topological polar surface area (TPSA) is 38.0 Å². The van der Waals surface area contributed by atoms with Gasteiger partial charge in [-0.1, -0.05) is 38.5 Å². The molecule has 0 spiro atoms. The zero-order valence-electron chi connectivity index (χ0n) is 12.7. The van der Waals surface area contributed by atoms with E-state index < -0.39 is 0 Å². The zero-order chi connectivity index (χ0) is 14.0. The Hall–Kier alpha value is -0.860. The van der Waals surface area contributed by atoms with E-state index in [-0.39, 0.29) is 0 Å². The molecule has 2 heteroatoms. The summed E-state index contributed by atoms with van der Waals surface area (Å²) in [5, 5.41) is 0. The SMILES string of the molecule is Cc1cccc(C(NN)C2CCC(C)C(C)C2)c1C. The molecule has 3 N–H and O–H groups in total. The first-order chi connectivity index (χ1) is 9.04. The molecule has 1 aliphatic rings. The van der Waals surface area contributed by atoms with E-state index in [0.29, 0.717) is 12.0 Å². The maximum atomic E-state index is 5.88. The van der Waals surface area contributed by atoms with Crippen LogP contribution < -0.4 is 11.3 Å². The molecule has 4 atom stereocenters. The number of nitrogens with one attached hydrogen (secondary N) is 1. The van der Waals surface area contributed by atoms with Crippen LogP contribution in [0.4, 0.5) is 0 Å². The van der Waals surface area contributed by atoms with Crippen LogP contribution in [0.25, 0.3) is 0 Å². The van der Waals surface area contributed by atoms with E-state index in [4.69, 9.17) is 5.84 Å². The van der Waals surface area contributed by atoms with E-state index >= 15 is 0 Å². The van der Waals surface area contributed by atoms with Crippen LogP contribution in [0.1, 0.15) is 55.8 Å². The highest BCUT2D eigenvalue weighted by molar-refractivity contribution is 5.35. The molecule has 0 bridgehead atoms. The molecule has 1 fully saturated rings. The van der Waals surface area contributed by atoms with Crippen LogP contribution in [0.3, 0.4) is 0 Å². The number of hydrogen-bond acceptors (Lipinski definition) is 2. The minimum absolute atomic E-state index is 0.301. The van der Waals surface area contributed by atoms with Crippen LogP contribution in [0.15, 0.2) is 18.2 Å². The summed E-state index contributed by atoms with van der Waals surface area (Å²) in [4.78, 5) is 0. The Morgan fingerprint density at radius 1 is 1.16 bits per heavy atom. The fourth-order valence-corrected chi connectivity index (χ4v) is 3.48. The first-order valence-electron chi connectivity index (χ1n) is 7.56. The monoisotopic (exact) mass is 260 g/mol. The molecule has 2 rings (SSSR count). The van der Waals surface area contributed by atoms with Crippen molar-refractivity contribution in [3.05, 3.63) is 34.9 Å². The van der Waals surface area contributed by atoms with Crippen LogP contribution in [0.2, 0.25) is 0 Å². The van der Waals surface area contributed by atoms with Gasteiger partial charge in [0.25, 0.3) is 0 Å². The molecule has 0 radical (unpaired) electrons. The first-order valence-corrected chi connectivity index (χ1v) is 7.56. The first kappa shape index (κ1) is 14.5. The molecule has 1 aromatic rings. The molecular formula is C17H28N2. The Morgan fingerprint density at radius 2 is 1.89 bits per heavy atom. The lowest BCUT2D eigenvalue weighted by molar-refractivity contribution is 0.171. The highest BCUT2D eigenvalue weighted by Gasteiger charge is 2.31. The van der Waals surface area contributed by atoms with E-state index in [2.05, 4.69) is 51.3 Å². The van der Waals surface area contributed by atoms with Gasteiger partial charge in [0.2, 0.25) is 0 Å². The van der Waals surface area contributed by atoms with Gasteiger partial charge in [0, 0.05) is 6.04 Å². The third kappa shape index (κ3) is 3.01. The molecule has 106 valence electrons. The largest absolute Gasteiger partial charge is 0.271 e. The second-order valence-electron chi connectivity index (χ2n) is 6.46. The van der Waals surface area contributed by atoms with Crippen molar-refractivity contribution in [3.63, 3.8) is 0 Å². The molecule has 0 aromatic heterocycles. The summed E-state index contributed by atoms with van der Waals surface area (Å²) in [6.07, 6.45) is 3.89. The van der Waals surface area contributed by atoms with E-state index in [9.17, 15) is 0 Å². The number of benzene rings is 1. The van der Waals surface area contributed by atoms with E-state index in [1.165, 1.54) is 36.0 Å². The van der Waals surface area contributed by atoms with Gasteiger partial charge in [-0.25, -0.2) is 0 Å². The lowest BCUT2D eigenvalue weighted by Gasteiger charge is -2.37. The van der Waals surface area contributed by atoms with Gasteiger partial charge in [-0.2, -0.15) is 0 Å². The smallest absolute Gasteiger partial charge is 0.0490 e. The van der Waals surface area contributed by atoms with Crippen LogP contribution in [0.5, 0.6) is 0 Å². The van der Waals surface area contributed by atoms with E-state index in [1.807, 2.05) is 0 Å². The number of aryl methyl sites for hydroxylation is 1. The predicted octanol–water partition coefficient (Wildman–Crippen LogP) is 3.88. The average molecular weight is 260 g/mol. The molecule has 1 aromatic carbocycles. The number of hydrazine groups is 1. The quantitative estimate of drug-likeness (QED) is 0.639. The van der Waals surface area contributed by atoms with Crippen molar-refractivity contribution in [1.29, 1.82) is 0 Å². The highest BCUT2D eigenvalue weighted by atomic mass is 15.2. The highest BCUT2D eigenvalue weighted by Crippen LogP contribution is 2.40. The van der Waals surface area contributed by atoms with Crippen molar-refractivity contribution in [3.8, 4) is 0 Å². The lowest BCUT2D eigenvalue weighted by Crippen LogP contribution is -2.37. The lowest BCUT2D eigenvalue weighted by atomic mass is 9.71. The van der Waals surface area contributed by atoms with Crippen LogP contribution in [0, 0.1) is 31.6 Å². The molecule has 1 saturated carbocycles. The van der Waals surface area contributed by atoms with Crippen LogP contribution in [-0.4, -0.2) is 0 Å². The van der Waals surface area contributed by atoms with Gasteiger partial charge < -0.3 is 0 Å². The Labute approximate surface area is 117 Å². The maximum Gasteiger partial charge on any atom is 0.0490 e. The maximum absolute atomic E-state index is 5.88. The summed E-state index contributed by atoms with van der Waals surface area (Å²) < 4.78 is 0. The fourth-order valence-electron chi connectivity index (χ4n) is 3.48. The summed E-state index contributed by atoms with van der Waals surface area (Å²) in [5.41, 5.74) is 7.22. The normalized spacial score (nSPS) is 29.2. The summed E-state index contributed by atoms with van der Waals surface area (Å²) >= 11 is 0. The van der Waals surface area contributed by atoms with Crippen molar-refractivity contribution in [2.75, 3.05) is 0 Å². The van der Waals surface area contributed by atoms with Gasteiger partial charge >= 0.3 is 0 Å². The third-order valence-corrected chi connectivity index (χ3v) is 5.27. The molecule has 4 unspecified atom stereocenters. The average Bonchev–Trinajstić information content (AvgIpc) is 2.39. The minimum Gasteiger partial charge on any atom is -0.271 e. The van der Waals surface area contributed by atoms with Gasteiger partial charge in [-0.3, -0.25) is 11.3 Å². The second-order valence-corrected chi connectivity index (χ2v) is 6.46.